The normalized spacial score (nSPS) is 10.5. The van der Waals surface area contributed by atoms with Crippen molar-refractivity contribution >= 4 is 28.9 Å². The summed E-state index contributed by atoms with van der Waals surface area (Å²) >= 11 is 6.29. The smallest absolute Gasteiger partial charge is 0.340 e. The fourth-order valence-electron chi connectivity index (χ4n) is 3.02. The second kappa shape index (κ2) is 9.93. The van der Waals surface area contributed by atoms with Crippen molar-refractivity contribution in [2.45, 2.75) is 6.42 Å². The van der Waals surface area contributed by atoms with Gasteiger partial charge >= 0.3 is 5.97 Å². The Labute approximate surface area is 179 Å². The van der Waals surface area contributed by atoms with E-state index in [0.717, 1.165) is 23.3 Å². The number of carbonyl (C=O) groups excluding carboxylic acids is 1. The van der Waals surface area contributed by atoms with E-state index in [1.807, 2.05) is 25.2 Å². The number of esters is 1. The van der Waals surface area contributed by atoms with Crippen molar-refractivity contribution < 1.29 is 9.53 Å². The van der Waals surface area contributed by atoms with Gasteiger partial charge in [0.25, 0.3) is 5.56 Å². The Morgan fingerprint density at radius 1 is 1.17 bits per heavy atom. The molecule has 1 N–H and O–H groups in total. The molecule has 0 aliphatic heterocycles. The maximum absolute atomic E-state index is 12.7. The Morgan fingerprint density at radius 3 is 2.60 bits per heavy atom. The van der Waals surface area contributed by atoms with Crippen LogP contribution < -0.4 is 15.8 Å². The van der Waals surface area contributed by atoms with Gasteiger partial charge in [-0.25, -0.2) is 4.79 Å². The minimum absolute atomic E-state index is 0.0149. The van der Waals surface area contributed by atoms with Gasteiger partial charge in [0.15, 0.2) is 0 Å². The van der Waals surface area contributed by atoms with Crippen LogP contribution in [0.4, 0.5) is 11.4 Å². The lowest BCUT2D eigenvalue weighted by molar-refractivity contribution is 0.0600. The predicted octanol–water partition coefficient (Wildman–Crippen LogP) is 3.61. The molecule has 2 aromatic carbocycles. The van der Waals surface area contributed by atoms with E-state index in [-0.39, 0.29) is 10.6 Å². The van der Waals surface area contributed by atoms with Gasteiger partial charge in [0.05, 0.1) is 30.2 Å². The van der Waals surface area contributed by atoms with Crippen LogP contribution in [-0.2, 0) is 4.74 Å². The molecule has 0 spiro atoms. The fraction of sp³-hybridized carbons (Fsp3) is 0.227. The lowest BCUT2D eigenvalue weighted by Crippen LogP contribution is -2.25. The zero-order valence-electron chi connectivity index (χ0n) is 16.8. The third-order valence-corrected chi connectivity index (χ3v) is 5.00. The van der Waals surface area contributed by atoms with Crippen LogP contribution in [0.2, 0.25) is 5.02 Å². The van der Waals surface area contributed by atoms with Crippen molar-refractivity contribution in [1.82, 2.24) is 9.78 Å². The van der Waals surface area contributed by atoms with Crippen molar-refractivity contribution in [2.75, 3.05) is 37.5 Å². The number of nitrogens with one attached hydrogen (secondary N) is 1. The summed E-state index contributed by atoms with van der Waals surface area (Å²) in [5.74, 6) is -0.555. The van der Waals surface area contributed by atoms with Gasteiger partial charge in [0.1, 0.15) is 5.02 Å². The number of nitrogens with zero attached hydrogens (tertiary/aromatic N) is 3. The first-order valence-electron chi connectivity index (χ1n) is 9.48. The predicted molar refractivity (Wildman–Crippen MR) is 119 cm³/mol. The number of ether oxygens (including phenoxy) is 1. The van der Waals surface area contributed by atoms with Crippen molar-refractivity contribution in [3.05, 3.63) is 81.7 Å². The molecular formula is C22H23ClN4O3. The summed E-state index contributed by atoms with van der Waals surface area (Å²) in [7, 11) is 3.31. The largest absolute Gasteiger partial charge is 0.465 e. The van der Waals surface area contributed by atoms with Crippen LogP contribution in [0.5, 0.6) is 0 Å². The molecular weight excluding hydrogens is 404 g/mol. The number of aromatic nitrogens is 2. The summed E-state index contributed by atoms with van der Waals surface area (Å²) in [4.78, 5) is 26.9. The minimum atomic E-state index is -0.555. The molecule has 1 aromatic heterocycles. The molecule has 0 unspecified atom stereocenters. The number of carbonyl (C=O) groups is 1. The number of hydrogen-bond acceptors (Lipinski definition) is 6. The van der Waals surface area contributed by atoms with Crippen LogP contribution in [0.1, 0.15) is 16.8 Å². The maximum Gasteiger partial charge on any atom is 0.340 e. The first kappa shape index (κ1) is 21.4. The van der Waals surface area contributed by atoms with E-state index < -0.39 is 11.5 Å². The van der Waals surface area contributed by atoms with E-state index in [1.54, 1.807) is 24.3 Å². The first-order chi connectivity index (χ1) is 14.5. The third kappa shape index (κ3) is 4.80. The zero-order valence-corrected chi connectivity index (χ0v) is 17.6. The molecule has 3 aromatic rings. The Kier molecular flexibility index (Phi) is 7.08. The molecule has 1 heterocycles. The second-order valence-corrected chi connectivity index (χ2v) is 7.01. The summed E-state index contributed by atoms with van der Waals surface area (Å²) in [5.41, 5.74) is 1.63. The Hall–Kier alpha value is -3.32. The molecule has 0 saturated heterocycles. The summed E-state index contributed by atoms with van der Waals surface area (Å²) in [6.07, 6.45) is 2.33. The SMILES string of the molecule is COC(=O)c1ccccc1-n1ncc(NCCCN(C)c2ccccc2)c(Cl)c1=O. The van der Waals surface area contributed by atoms with E-state index in [4.69, 9.17) is 16.3 Å². The Balaban J connectivity index is 1.69. The minimum Gasteiger partial charge on any atom is -0.465 e. The third-order valence-electron chi connectivity index (χ3n) is 4.64. The number of hydrogen-bond donors (Lipinski definition) is 1. The molecule has 156 valence electrons. The summed E-state index contributed by atoms with van der Waals surface area (Å²) in [6.45, 7) is 1.46. The van der Waals surface area contributed by atoms with E-state index >= 15 is 0 Å². The van der Waals surface area contributed by atoms with E-state index in [9.17, 15) is 9.59 Å². The number of benzene rings is 2. The molecule has 3 rings (SSSR count). The average molecular weight is 427 g/mol. The standard InChI is InChI=1S/C22H23ClN4O3/c1-26(16-9-4-3-5-10-16)14-8-13-24-18-15-25-27(21(28)20(18)23)19-12-7-6-11-17(19)22(29)30-2/h3-7,9-12,15,24H,8,13-14H2,1-2H3. The van der Waals surface area contributed by atoms with Crippen molar-refractivity contribution in [1.29, 1.82) is 0 Å². The molecule has 0 radical (unpaired) electrons. The van der Waals surface area contributed by atoms with Crippen LogP contribution in [0, 0.1) is 0 Å². The molecule has 0 aliphatic carbocycles. The van der Waals surface area contributed by atoms with Crippen molar-refractivity contribution in [2.24, 2.45) is 0 Å². The topological polar surface area (TPSA) is 76.5 Å². The van der Waals surface area contributed by atoms with Gasteiger partial charge in [-0.05, 0) is 30.7 Å². The van der Waals surface area contributed by atoms with Crippen LogP contribution >= 0.6 is 11.6 Å². The quantitative estimate of drug-likeness (QED) is 0.438. The van der Waals surface area contributed by atoms with Crippen LogP contribution in [-0.4, -0.2) is 43.0 Å². The van der Waals surface area contributed by atoms with Gasteiger partial charge in [-0.1, -0.05) is 41.9 Å². The highest BCUT2D eigenvalue weighted by atomic mass is 35.5. The van der Waals surface area contributed by atoms with Crippen molar-refractivity contribution in [3.8, 4) is 5.69 Å². The summed E-state index contributed by atoms with van der Waals surface area (Å²) < 4.78 is 5.88. The van der Waals surface area contributed by atoms with Gasteiger partial charge in [-0.2, -0.15) is 9.78 Å². The second-order valence-electron chi connectivity index (χ2n) is 6.64. The lowest BCUT2D eigenvalue weighted by Gasteiger charge is -2.19. The first-order valence-corrected chi connectivity index (χ1v) is 9.86. The number of anilines is 2. The average Bonchev–Trinajstić information content (AvgIpc) is 2.79. The molecule has 0 fully saturated rings. The van der Waals surface area contributed by atoms with E-state index in [0.29, 0.717) is 17.9 Å². The van der Waals surface area contributed by atoms with Crippen molar-refractivity contribution in [3.63, 3.8) is 0 Å². The summed E-state index contributed by atoms with van der Waals surface area (Å²) in [5, 5.41) is 7.36. The number of methoxy groups -OCH3 is 1. The maximum atomic E-state index is 12.7. The Bertz CT molecular complexity index is 1070. The highest BCUT2D eigenvalue weighted by Crippen LogP contribution is 2.19. The van der Waals surface area contributed by atoms with E-state index in [2.05, 4.69) is 27.4 Å². The summed E-state index contributed by atoms with van der Waals surface area (Å²) in [6, 6.07) is 16.7. The number of halogens is 1. The van der Waals surface area contributed by atoms with Gasteiger partial charge in [-0.3, -0.25) is 4.79 Å². The molecule has 8 heteroatoms. The fourth-order valence-corrected chi connectivity index (χ4v) is 3.22. The lowest BCUT2D eigenvalue weighted by atomic mass is 10.2. The van der Waals surface area contributed by atoms with Gasteiger partial charge < -0.3 is 15.0 Å². The zero-order chi connectivity index (χ0) is 21.5. The molecule has 7 nitrogen and oxygen atoms in total. The molecule has 0 bridgehead atoms. The van der Waals surface area contributed by atoms with Crippen LogP contribution in [0.25, 0.3) is 5.69 Å². The molecule has 0 saturated carbocycles. The monoisotopic (exact) mass is 426 g/mol. The number of rotatable bonds is 8. The van der Waals surface area contributed by atoms with Crippen LogP contribution in [0.15, 0.2) is 65.6 Å². The van der Waals surface area contributed by atoms with Gasteiger partial charge in [-0.15, -0.1) is 0 Å². The van der Waals surface area contributed by atoms with Gasteiger partial charge in [0, 0.05) is 25.8 Å². The molecule has 0 atom stereocenters. The number of para-hydroxylation sites is 2. The van der Waals surface area contributed by atoms with E-state index in [1.165, 1.54) is 13.3 Å². The highest BCUT2D eigenvalue weighted by molar-refractivity contribution is 6.33. The molecule has 0 aliphatic rings. The molecule has 0 amide bonds. The highest BCUT2D eigenvalue weighted by Gasteiger charge is 2.17. The molecule has 30 heavy (non-hydrogen) atoms. The van der Waals surface area contributed by atoms with Crippen LogP contribution in [0.3, 0.4) is 0 Å². The Morgan fingerprint density at radius 2 is 1.87 bits per heavy atom. The van der Waals surface area contributed by atoms with Gasteiger partial charge in [0.2, 0.25) is 0 Å².